The number of hydrogen-bond donors (Lipinski definition) is 0. The van der Waals surface area contributed by atoms with E-state index >= 15 is 0 Å². The first-order chi connectivity index (χ1) is 9.22. The van der Waals surface area contributed by atoms with Crippen molar-refractivity contribution in [2.75, 3.05) is 33.2 Å². The lowest BCUT2D eigenvalue weighted by molar-refractivity contribution is -0.134. The molecular formula is C16H24N2O. The highest BCUT2D eigenvalue weighted by atomic mass is 16.2. The Kier molecular flexibility index (Phi) is 4.97. The Hall–Kier alpha value is -1.35. The summed E-state index contributed by atoms with van der Waals surface area (Å²) in [4.78, 5) is 17.0. The molecule has 3 heteroatoms. The lowest BCUT2D eigenvalue weighted by Crippen LogP contribution is -2.48. The Morgan fingerprint density at radius 2 is 1.79 bits per heavy atom. The molecule has 1 saturated heterocycles. The summed E-state index contributed by atoms with van der Waals surface area (Å²) in [6.45, 7) is 5.84. The molecule has 0 radical (unpaired) electrons. The zero-order chi connectivity index (χ0) is 13.7. The molecule has 0 bridgehead atoms. The van der Waals surface area contributed by atoms with E-state index in [1.807, 2.05) is 23.1 Å². The Morgan fingerprint density at radius 3 is 2.37 bits per heavy atom. The van der Waals surface area contributed by atoms with E-state index in [9.17, 15) is 4.79 Å². The van der Waals surface area contributed by atoms with Crippen molar-refractivity contribution >= 4 is 5.91 Å². The molecule has 0 aliphatic carbocycles. The van der Waals surface area contributed by atoms with Crippen LogP contribution in [0.2, 0.25) is 0 Å². The van der Waals surface area contributed by atoms with Crippen LogP contribution in [-0.2, 0) is 4.79 Å². The number of benzene rings is 1. The third-order valence-corrected chi connectivity index (χ3v) is 3.89. The summed E-state index contributed by atoms with van der Waals surface area (Å²) >= 11 is 0. The van der Waals surface area contributed by atoms with Gasteiger partial charge < -0.3 is 9.80 Å². The first kappa shape index (κ1) is 14.1. The van der Waals surface area contributed by atoms with Gasteiger partial charge in [0.2, 0.25) is 5.91 Å². The van der Waals surface area contributed by atoms with Crippen molar-refractivity contribution in [1.29, 1.82) is 0 Å². The Labute approximate surface area is 116 Å². The second-order valence-corrected chi connectivity index (χ2v) is 5.38. The molecule has 0 N–H and O–H groups in total. The molecule has 3 nitrogen and oxygen atoms in total. The molecule has 1 heterocycles. The number of piperazine rings is 1. The molecule has 0 aromatic heterocycles. The van der Waals surface area contributed by atoms with Crippen LogP contribution < -0.4 is 0 Å². The van der Waals surface area contributed by atoms with Crippen molar-refractivity contribution in [2.45, 2.75) is 25.7 Å². The summed E-state index contributed by atoms with van der Waals surface area (Å²) < 4.78 is 0. The van der Waals surface area contributed by atoms with E-state index in [1.165, 1.54) is 0 Å². The minimum atomic E-state index is 0.0367. The molecular weight excluding hydrogens is 236 g/mol. The molecule has 104 valence electrons. The average molecular weight is 260 g/mol. The van der Waals surface area contributed by atoms with Crippen molar-refractivity contribution < 1.29 is 4.79 Å². The number of hydrogen-bond acceptors (Lipinski definition) is 2. The molecule has 0 saturated carbocycles. The number of carbonyl (C=O) groups is 1. The lowest BCUT2D eigenvalue weighted by atomic mass is 9.93. The minimum absolute atomic E-state index is 0.0367. The summed E-state index contributed by atoms with van der Waals surface area (Å²) in [5.74, 6) is 0.343. The highest BCUT2D eigenvalue weighted by molar-refractivity contribution is 5.83. The van der Waals surface area contributed by atoms with Gasteiger partial charge in [0.1, 0.15) is 0 Å². The fourth-order valence-corrected chi connectivity index (χ4v) is 2.65. The second kappa shape index (κ2) is 6.71. The molecule has 1 aliphatic heterocycles. The van der Waals surface area contributed by atoms with Crippen LogP contribution in [-0.4, -0.2) is 48.9 Å². The highest BCUT2D eigenvalue weighted by Gasteiger charge is 2.26. The van der Waals surface area contributed by atoms with Gasteiger partial charge in [0.25, 0.3) is 0 Å². The van der Waals surface area contributed by atoms with Gasteiger partial charge in [0.15, 0.2) is 0 Å². The van der Waals surface area contributed by atoms with E-state index in [0.29, 0.717) is 5.91 Å². The number of rotatable bonds is 4. The van der Waals surface area contributed by atoms with E-state index in [4.69, 9.17) is 0 Å². The molecule has 1 atom stereocenters. The SMILES string of the molecule is CCCC(C(=O)N1CCN(C)CC1)c1ccccc1. The Bertz CT molecular complexity index is 396. The van der Waals surface area contributed by atoms with Crippen LogP contribution in [0.4, 0.5) is 0 Å². The fourth-order valence-electron chi connectivity index (χ4n) is 2.65. The normalized spacial score (nSPS) is 18.3. The molecule has 1 fully saturated rings. The third kappa shape index (κ3) is 3.57. The maximum Gasteiger partial charge on any atom is 0.230 e. The second-order valence-electron chi connectivity index (χ2n) is 5.38. The Morgan fingerprint density at radius 1 is 1.16 bits per heavy atom. The monoisotopic (exact) mass is 260 g/mol. The summed E-state index contributed by atoms with van der Waals surface area (Å²) in [5.41, 5.74) is 1.16. The van der Waals surface area contributed by atoms with Gasteiger partial charge in [-0.15, -0.1) is 0 Å². The standard InChI is InChI=1S/C16H24N2O/c1-3-7-15(14-8-5-4-6-9-14)16(19)18-12-10-17(2)11-13-18/h4-6,8-9,15H,3,7,10-13H2,1-2H3. The van der Waals surface area contributed by atoms with E-state index in [0.717, 1.165) is 44.6 Å². The summed E-state index contributed by atoms with van der Waals surface area (Å²) in [5, 5.41) is 0. The molecule has 1 amide bonds. The third-order valence-electron chi connectivity index (χ3n) is 3.89. The van der Waals surface area contributed by atoms with Crippen LogP contribution in [0, 0.1) is 0 Å². The van der Waals surface area contributed by atoms with Gasteiger partial charge in [-0.3, -0.25) is 4.79 Å². The largest absolute Gasteiger partial charge is 0.340 e. The van der Waals surface area contributed by atoms with Gasteiger partial charge in [0, 0.05) is 26.2 Å². The van der Waals surface area contributed by atoms with Crippen molar-refractivity contribution in [1.82, 2.24) is 9.80 Å². The molecule has 1 aliphatic rings. The van der Waals surface area contributed by atoms with Crippen LogP contribution in [0.3, 0.4) is 0 Å². The first-order valence-corrected chi connectivity index (χ1v) is 7.24. The summed E-state index contributed by atoms with van der Waals surface area (Å²) in [6, 6.07) is 10.2. The maximum atomic E-state index is 12.7. The maximum absolute atomic E-state index is 12.7. The van der Waals surface area contributed by atoms with E-state index < -0.39 is 0 Å². The Balaban J connectivity index is 2.08. The van der Waals surface area contributed by atoms with E-state index in [1.54, 1.807) is 0 Å². The predicted octanol–water partition coefficient (Wildman–Crippen LogP) is 2.34. The van der Waals surface area contributed by atoms with Gasteiger partial charge in [-0.25, -0.2) is 0 Å². The van der Waals surface area contributed by atoms with Gasteiger partial charge in [-0.05, 0) is 19.0 Å². The predicted molar refractivity (Wildman–Crippen MR) is 78.2 cm³/mol. The average Bonchev–Trinajstić information content (AvgIpc) is 2.46. The molecule has 2 rings (SSSR count). The molecule has 0 spiro atoms. The number of carbonyl (C=O) groups excluding carboxylic acids is 1. The molecule has 1 unspecified atom stereocenters. The molecule has 19 heavy (non-hydrogen) atoms. The van der Waals surface area contributed by atoms with Crippen molar-refractivity contribution in [2.24, 2.45) is 0 Å². The van der Waals surface area contributed by atoms with E-state index in [-0.39, 0.29) is 5.92 Å². The minimum Gasteiger partial charge on any atom is -0.340 e. The van der Waals surface area contributed by atoms with Crippen LogP contribution >= 0.6 is 0 Å². The van der Waals surface area contributed by atoms with Gasteiger partial charge in [0.05, 0.1) is 5.92 Å². The van der Waals surface area contributed by atoms with E-state index in [2.05, 4.69) is 31.0 Å². The van der Waals surface area contributed by atoms with Gasteiger partial charge >= 0.3 is 0 Å². The molecule has 1 aromatic rings. The smallest absolute Gasteiger partial charge is 0.230 e. The fraction of sp³-hybridized carbons (Fsp3) is 0.562. The zero-order valence-corrected chi connectivity index (χ0v) is 12.0. The number of amides is 1. The van der Waals surface area contributed by atoms with Crippen molar-refractivity contribution in [3.63, 3.8) is 0 Å². The van der Waals surface area contributed by atoms with Gasteiger partial charge in [-0.2, -0.15) is 0 Å². The van der Waals surface area contributed by atoms with Crippen LogP contribution in [0.15, 0.2) is 30.3 Å². The summed E-state index contributed by atoms with van der Waals surface area (Å²) in [7, 11) is 2.11. The number of likely N-dealkylation sites (N-methyl/N-ethyl adjacent to an activating group) is 1. The zero-order valence-electron chi connectivity index (χ0n) is 12.0. The number of nitrogens with zero attached hydrogens (tertiary/aromatic N) is 2. The highest BCUT2D eigenvalue weighted by Crippen LogP contribution is 2.24. The van der Waals surface area contributed by atoms with Crippen molar-refractivity contribution in [3.8, 4) is 0 Å². The quantitative estimate of drug-likeness (QED) is 0.829. The molecule has 1 aromatic carbocycles. The lowest BCUT2D eigenvalue weighted by Gasteiger charge is -2.34. The van der Waals surface area contributed by atoms with Crippen molar-refractivity contribution in [3.05, 3.63) is 35.9 Å². The first-order valence-electron chi connectivity index (χ1n) is 7.24. The van der Waals surface area contributed by atoms with Crippen LogP contribution in [0.25, 0.3) is 0 Å². The topological polar surface area (TPSA) is 23.6 Å². The summed E-state index contributed by atoms with van der Waals surface area (Å²) in [6.07, 6.45) is 1.98. The van der Waals surface area contributed by atoms with Crippen LogP contribution in [0.1, 0.15) is 31.2 Å². The van der Waals surface area contributed by atoms with Crippen LogP contribution in [0.5, 0.6) is 0 Å². The van der Waals surface area contributed by atoms with Gasteiger partial charge in [-0.1, -0.05) is 43.7 Å².